The summed E-state index contributed by atoms with van der Waals surface area (Å²) in [4.78, 5) is 11.8. The van der Waals surface area contributed by atoms with E-state index in [1.807, 2.05) is 0 Å². The minimum atomic E-state index is -0.148. The van der Waals surface area contributed by atoms with Gasteiger partial charge in [-0.2, -0.15) is 0 Å². The summed E-state index contributed by atoms with van der Waals surface area (Å²) in [6.45, 7) is 5.12. The van der Waals surface area contributed by atoms with Crippen LogP contribution in [0, 0.1) is 5.92 Å². The van der Waals surface area contributed by atoms with Crippen LogP contribution in [-0.2, 0) is 11.3 Å². The molecule has 1 aromatic heterocycles. The van der Waals surface area contributed by atoms with Crippen molar-refractivity contribution in [3.05, 3.63) is 11.9 Å². The highest BCUT2D eigenvalue weighted by Crippen LogP contribution is 2.10. The number of nitrogens with zero attached hydrogens (tertiary/aromatic N) is 3. The first-order valence-corrected chi connectivity index (χ1v) is 6.55. The molecule has 1 amide bonds. The van der Waals surface area contributed by atoms with Crippen molar-refractivity contribution in [3.8, 4) is 0 Å². The number of nitrogens with one attached hydrogen (secondary N) is 1. The molecule has 1 aliphatic rings. The fourth-order valence-electron chi connectivity index (χ4n) is 1.90. The molecule has 1 aliphatic heterocycles. The Kier molecular flexibility index (Phi) is 4.69. The molecular formula is C12H20N4O2. The predicted octanol–water partition coefficient (Wildman–Crippen LogP) is 0.844. The number of ether oxygens (including phenoxy) is 1. The van der Waals surface area contributed by atoms with E-state index in [4.69, 9.17) is 4.74 Å². The average Bonchev–Trinajstić information content (AvgIpc) is 3.04. The Bertz CT molecular complexity index is 385. The lowest BCUT2D eigenvalue weighted by Gasteiger charge is -2.07. The van der Waals surface area contributed by atoms with E-state index in [0.29, 0.717) is 18.2 Å². The van der Waals surface area contributed by atoms with Gasteiger partial charge in [0, 0.05) is 25.6 Å². The second-order valence-corrected chi connectivity index (χ2v) is 4.66. The highest BCUT2D eigenvalue weighted by atomic mass is 16.5. The predicted molar refractivity (Wildman–Crippen MR) is 66.2 cm³/mol. The third kappa shape index (κ3) is 3.53. The van der Waals surface area contributed by atoms with Crippen molar-refractivity contribution in [3.63, 3.8) is 0 Å². The van der Waals surface area contributed by atoms with Gasteiger partial charge in [-0.25, -0.2) is 0 Å². The van der Waals surface area contributed by atoms with Crippen LogP contribution in [0.1, 0.15) is 36.7 Å². The summed E-state index contributed by atoms with van der Waals surface area (Å²) in [7, 11) is 0. The van der Waals surface area contributed by atoms with E-state index in [0.717, 1.165) is 39.0 Å². The van der Waals surface area contributed by atoms with Crippen molar-refractivity contribution in [1.29, 1.82) is 0 Å². The summed E-state index contributed by atoms with van der Waals surface area (Å²) in [5, 5.41) is 10.7. The Morgan fingerprint density at radius 3 is 3.28 bits per heavy atom. The topological polar surface area (TPSA) is 69.0 Å². The summed E-state index contributed by atoms with van der Waals surface area (Å²) in [6.07, 6.45) is 4.87. The molecule has 2 heterocycles. The lowest BCUT2D eigenvalue weighted by atomic mass is 10.1. The molecule has 0 saturated carbocycles. The maximum absolute atomic E-state index is 11.8. The second-order valence-electron chi connectivity index (χ2n) is 4.66. The maximum Gasteiger partial charge on any atom is 0.273 e. The monoisotopic (exact) mass is 252 g/mol. The third-order valence-electron chi connectivity index (χ3n) is 3.09. The standard InChI is InChI=1S/C12H20N4O2/c1-2-3-5-16-8-11(14-15-16)12(17)13-7-10-4-6-18-9-10/h8,10H,2-7,9H2,1H3,(H,13,17). The van der Waals surface area contributed by atoms with Crippen molar-refractivity contribution >= 4 is 5.91 Å². The van der Waals surface area contributed by atoms with Crippen molar-refractivity contribution in [1.82, 2.24) is 20.3 Å². The van der Waals surface area contributed by atoms with Gasteiger partial charge in [-0.3, -0.25) is 9.48 Å². The molecule has 0 aliphatic carbocycles. The highest BCUT2D eigenvalue weighted by molar-refractivity contribution is 5.91. The Labute approximate surface area is 107 Å². The van der Waals surface area contributed by atoms with E-state index in [-0.39, 0.29) is 5.91 Å². The largest absolute Gasteiger partial charge is 0.381 e. The quantitative estimate of drug-likeness (QED) is 0.814. The summed E-state index contributed by atoms with van der Waals surface area (Å²) < 4.78 is 6.98. The molecule has 0 radical (unpaired) electrons. The fourth-order valence-corrected chi connectivity index (χ4v) is 1.90. The zero-order chi connectivity index (χ0) is 12.8. The summed E-state index contributed by atoms with van der Waals surface area (Å²) in [5.41, 5.74) is 0.394. The number of carbonyl (C=O) groups is 1. The first kappa shape index (κ1) is 13.0. The van der Waals surface area contributed by atoms with Crippen molar-refractivity contribution in [2.24, 2.45) is 5.92 Å². The Balaban J connectivity index is 1.78. The lowest BCUT2D eigenvalue weighted by Crippen LogP contribution is -2.29. The summed E-state index contributed by atoms with van der Waals surface area (Å²) in [5.74, 6) is 0.286. The molecule has 100 valence electrons. The van der Waals surface area contributed by atoms with Gasteiger partial charge >= 0.3 is 0 Å². The number of hydrogen-bond donors (Lipinski definition) is 1. The van der Waals surface area contributed by atoms with E-state index in [2.05, 4.69) is 22.6 Å². The maximum atomic E-state index is 11.8. The van der Waals surface area contributed by atoms with E-state index < -0.39 is 0 Å². The van der Waals surface area contributed by atoms with Crippen LogP contribution in [0.25, 0.3) is 0 Å². The molecule has 0 bridgehead atoms. The summed E-state index contributed by atoms with van der Waals surface area (Å²) in [6, 6.07) is 0. The Hall–Kier alpha value is -1.43. The van der Waals surface area contributed by atoms with Gasteiger partial charge in [-0.1, -0.05) is 18.6 Å². The van der Waals surface area contributed by atoms with Crippen LogP contribution in [0.3, 0.4) is 0 Å². The molecule has 0 aromatic carbocycles. The van der Waals surface area contributed by atoms with E-state index in [1.165, 1.54) is 0 Å². The number of aromatic nitrogens is 3. The van der Waals surface area contributed by atoms with E-state index in [1.54, 1.807) is 10.9 Å². The van der Waals surface area contributed by atoms with Crippen LogP contribution in [-0.4, -0.2) is 40.7 Å². The molecule has 2 rings (SSSR count). The van der Waals surface area contributed by atoms with Crippen LogP contribution in [0.5, 0.6) is 0 Å². The van der Waals surface area contributed by atoms with Gasteiger partial charge in [0.05, 0.1) is 12.8 Å². The van der Waals surface area contributed by atoms with Crippen molar-refractivity contribution in [2.75, 3.05) is 19.8 Å². The lowest BCUT2D eigenvalue weighted by molar-refractivity contribution is 0.0940. The number of hydrogen-bond acceptors (Lipinski definition) is 4. The van der Waals surface area contributed by atoms with Gasteiger partial charge in [0.15, 0.2) is 5.69 Å². The fraction of sp³-hybridized carbons (Fsp3) is 0.750. The van der Waals surface area contributed by atoms with E-state index in [9.17, 15) is 4.79 Å². The molecule has 18 heavy (non-hydrogen) atoms. The third-order valence-corrected chi connectivity index (χ3v) is 3.09. The first-order valence-electron chi connectivity index (χ1n) is 6.55. The smallest absolute Gasteiger partial charge is 0.273 e. The van der Waals surface area contributed by atoms with Gasteiger partial charge in [-0.05, 0) is 12.8 Å². The molecule has 6 nitrogen and oxygen atoms in total. The molecule has 1 N–H and O–H groups in total. The molecule has 1 saturated heterocycles. The van der Waals surface area contributed by atoms with Crippen LogP contribution in [0.15, 0.2) is 6.20 Å². The van der Waals surface area contributed by atoms with Gasteiger partial charge < -0.3 is 10.1 Å². The number of carbonyl (C=O) groups excluding carboxylic acids is 1. The SMILES string of the molecule is CCCCn1cc(C(=O)NCC2CCOC2)nn1. The van der Waals surface area contributed by atoms with Crippen LogP contribution < -0.4 is 5.32 Å². The zero-order valence-electron chi connectivity index (χ0n) is 10.8. The normalized spacial score (nSPS) is 19.1. The Morgan fingerprint density at radius 2 is 2.56 bits per heavy atom. The average molecular weight is 252 g/mol. The van der Waals surface area contributed by atoms with Gasteiger partial charge in [0.25, 0.3) is 5.91 Å². The molecule has 6 heteroatoms. The summed E-state index contributed by atoms with van der Waals surface area (Å²) >= 11 is 0. The van der Waals surface area contributed by atoms with Gasteiger partial charge in [0.2, 0.25) is 0 Å². The van der Waals surface area contributed by atoms with Crippen LogP contribution in [0.2, 0.25) is 0 Å². The minimum Gasteiger partial charge on any atom is -0.381 e. The van der Waals surface area contributed by atoms with E-state index >= 15 is 0 Å². The first-order chi connectivity index (χ1) is 8.79. The molecule has 1 aromatic rings. The molecule has 1 fully saturated rings. The second kappa shape index (κ2) is 6.49. The van der Waals surface area contributed by atoms with Crippen molar-refractivity contribution in [2.45, 2.75) is 32.7 Å². The highest BCUT2D eigenvalue weighted by Gasteiger charge is 2.17. The van der Waals surface area contributed by atoms with Crippen LogP contribution in [0.4, 0.5) is 0 Å². The van der Waals surface area contributed by atoms with Crippen molar-refractivity contribution < 1.29 is 9.53 Å². The molecule has 0 spiro atoms. The molecular weight excluding hydrogens is 232 g/mol. The van der Waals surface area contributed by atoms with Crippen LogP contribution >= 0.6 is 0 Å². The minimum absolute atomic E-state index is 0.148. The number of rotatable bonds is 6. The van der Waals surface area contributed by atoms with Gasteiger partial charge in [0.1, 0.15) is 0 Å². The number of amides is 1. The number of aryl methyl sites for hydroxylation is 1. The molecule has 1 unspecified atom stereocenters. The molecule has 1 atom stereocenters. The number of unbranched alkanes of at least 4 members (excludes halogenated alkanes) is 1. The zero-order valence-corrected chi connectivity index (χ0v) is 10.8. The Morgan fingerprint density at radius 1 is 1.67 bits per heavy atom. The van der Waals surface area contributed by atoms with Gasteiger partial charge in [-0.15, -0.1) is 5.10 Å².